The van der Waals surface area contributed by atoms with E-state index >= 15 is 0 Å². The molecule has 2 N–H and O–H groups in total. The zero-order chi connectivity index (χ0) is 19.4. The fraction of sp³-hybridized carbons (Fsp3) is 0.421. The molecule has 1 aliphatic heterocycles. The van der Waals surface area contributed by atoms with Crippen molar-refractivity contribution in [1.29, 1.82) is 0 Å². The molecule has 27 heavy (non-hydrogen) atoms. The van der Waals surface area contributed by atoms with Gasteiger partial charge in [-0.05, 0) is 25.5 Å². The molecule has 0 bridgehead atoms. The van der Waals surface area contributed by atoms with Crippen LogP contribution in [0.15, 0.2) is 35.3 Å². The molecule has 1 aliphatic rings. The van der Waals surface area contributed by atoms with Crippen molar-refractivity contribution in [3.63, 3.8) is 0 Å². The zero-order valence-corrected chi connectivity index (χ0v) is 15.4. The summed E-state index contributed by atoms with van der Waals surface area (Å²) in [5.74, 6) is 0.592. The Balaban J connectivity index is 1.75. The Morgan fingerprint density at radius 2 is 2.19 bits per heavy atom. The first-order valence-electron chi connectivity index (χ1n) is 8.72. The summed E-state index contributed by atoms with van der Waals surface area (Å²) in [6.07, 6.45) is 1.26. The van der Waals surface area contributed by atoms with E-state index in [-0.39, 0.29) is 38.5 Å². The minimum absolute atomic E-state index is 0.00890. The summed E-state index contributed by atoms with van der Waals surface area (Å²) >= 11 is 0. The third kappa shape index (κ3) is 4.53. The zero-order valence-electron chi connectivity index (χ0n) is 15.4. The molecular weight excluding hydrogens is 350 g/mol. The maximum absolute atomic E-state index is 12.8. The second kappa shape index (κ2) is 7.89. The van der Waals surface area contributed by atoms with E-state index in [9.17, 15) is 14.7 Å². The fourth-order valence-electron chi connectivity index (χ4n) is 2.91. The molecule has 1 amide bonds. The third-order valence-electron chi connectivity index (χ3n) is 4.40. The van der Waals surface area contributed by atoms with E-state index in [0.29, 0.717) is 11.6 Å². The number of carbonyl (C=O) groups is 1. The van der Waals surface area contributed by atoms with E-state index in [1.54, 1.807) is 6.92 Å². The predicted octanol–water partition coefficient (Wildman–Crippen LogP) is 0.669. The van der Waals surface area contributed by atoms with Gasteiger partial charge in [-0.15, -0.1) is 0 Å². The van der Waals surface area contributed by atoms with Gasteiger partial charge in [-0.2, -0.15) is 0 Å². The SMILES string of the molecule is Cc1ncc(C(=O)N2CCOCC(O)(COc3ccccc3C)C2)c(=O)[nH]1. The number of rotatable bonds is 4. The number of aliphatic hydroxyl groups is 1. The molecule has 1 aromatic carbocycles. The number of β-amino-alcohol motifs (C(OH)–C–C–N with tert-alkyl or cyclic N) is 1. The Kier molecular flexibility index (Phi) is 5.57. The molecule has 1 aromatic heterocycles. The molecule has 8 nitrogen and oxygen atoms in total. The molecule has 0 aliphatic carbocycles. The van der Waals surface area contributed by atoms with Crippen molar-refractivity contribution >= 4 is 5.91 Å². The number of amides is 1. The second-order valence-corrected chi connectivity index (χ2v) is 6.77. The molecule has 1 fully saturated rings. The number of para-hydroxylation sites is 1. The summed E-state index contributed by atoms with van der Waals surface area (Å²) in [5.41, 5.74) is -1.01. The second-order valence-electron chi connectivity index (χ2n) is 6.77. The highest BCUT2D eigenvalue weighted by atomic mass is 16.5. The quantitative estimate of drug-likeness (QED) is 0.816. The van der Waals surface area contributed by atoms with Crippen LogP contribution in [0, 0.1) is 13.8 Å². The van der Waals surface area contributed by atoms with Crippen LogP contribution in [-0.2, 0) is 4.74 Å². The van der Waals surface area contributed by atoms with E-state index in [1.807, 2.05) is 31.2 Å². The van der Waals surface area contributed by atoms with Gasteiger partial charge in [0.25, 0.3) is 11.5 Å². The Morgan fingerprint density at radius 3 is 2.93 bits per heavy atom. The van der Waals surface area contributed by atoms with Gasteiger partial charge in [0.05, 0.1) is 19.8 Å². The highest BCUT2D eigenvalue weighted by molar-refractivity contribution is 5.93. The topological polar surface area (TPSA) is 105 Å². The number of aromatic amines is 1. The average molecular weight is 373 g/mol. The standard InChI is InChI=1S/C19H23N3O5/c1-13-5-3-4-6-16(13)27-12-19(25)10-22(7-8-26-11-19)18(24)15-9-20-14(2)21-17(15)23/h3-6,9,25H,7-8,10-12H2,1-2H3,(H,20,21,23). The van der Waals surface area contributed by atoms with E-state index in [2.05, 4.69) is 9.97 Å². The smallest absolute Gasteiger partial charge is 0.263 e. The highest BCUT2D eigenvalue weighted by Gasteiger charge is 2.36. The number of aryl methyl sites for hydroxylation is 2. The summed E-state index contributed by atoms with van der Waals surface area (Å²) in [6.45, 7) is 4.06. The number of H-pyrrole nitrogens is 1. The van der Waals surface area contributed by atoms with Crippen molar-refractivity contribution in [1.82, 2.24) is 14.9 Å². The molecule has 0 spiro atoms. The third-order valence-corrected chi connectivity index (χ3v) is 4.40. The number of ether oxygens (including phenoxy) is 2. The highest BCUT2D eigenvalue weighted by Crippen LogP contribution is 2.20. The van der Waals surface area contributed by atoms with Gasteiger partial charge >= 0.3 is 0 Å². The van der Waals surface area contributed by atoms with Crippen LogP contribution in [0.2, 0.25) is 0 Å². The van der Waals surface area contributed by atoms with Crippen LogP contribution in [0.3, 0.4) is 0 Å². The minimum atomic E-state index is -1.39. The molecule has 144 valence electrons. The largest absolute Gasteiger partial charge is 0.490 e. The first-order chi connectivity index (χ1) is 12.9. The summed E-state index contributed by atoms with van der Waals surface area (Å²) < 4.78 is 11.2. The van der Waals surface area contributed by atoms with Gasteiger partial charge in [0, 0.05) is 12.7 Å². The van der Waals surface area contributed by atoms with Crippen LogP contribution < -0.4 is 10.3 Å². The molecule has 0 radical (unpaired) electrons. The van der Waals surface area contributed by atoms with Crippen LogP contribution in [0.4, 0.5) is 0 Å². The molecule has 1 unspecified atom stereocenters. The number of hydrogen-bond acceptors (Lipinski definition) is 6. The van der Waals surface area contributed by atoms with Crippen LogP contribution in [0.25, 0.3) is 0 Å². The van der Waals surface area contributed by atoms with E-state index < -0.39 is 17.1 Å². The van der Waals surface area contributed by atoms with Crippen molar-refractivity contribution in [2.45, 2.75) is 19.4 Å². The molecular formula is C19H23N3O5. The van der Waals surface area contributed by atoms with Gasteiger partial charge in [0.1, 0.15) is 29.3 Å². The number of nitrogens with one attached hydrogen (secondary N) is 1. The Morgan fingerprint density at radius 1 is 1.41 bits per heavy atom. The van der Waals surface area contributed by atoms with E-state index in [1.165, 1.54) is 11.1 Å². The average Bonchev–Trinajstić information content (AvgIpc) is 2.83. The van der Waals surface area contributed by atoms with Gasteiger partial charge in [0.15, 0.2) is 0 Å². The minimum Gasteiger partial charge on any atom is -0.490 e. The number of carbonyl (C=O) groups excluding carboxylic acids is 1. The van der Waals surface area contributed by atoms with Crippen molar-refractivity contribution < 1.29 is 19.4 Å². The lowest BCUT2D eigenvalue weighted by Gasteiger charge is -2.30. The van der Waals surface area contributed by atoms with Crippen LogP contribution >= 0.6 is 0 Å². The first-order valence-corrected chi connectivity index (χ1v) is 8.72. The number of aromatic nitrogens is 2. The van der Waals surface area contributed by atoms with E-state index in [4.69, 9.17) is 9.47 Å². The monoisotopic (exact) mass is 373 g/mol. The molecule has 0 saturated carbocycles. The number of hydrogen-bond donors (Lipinski definition) is 2. The maximum atomic E-state index is 12.8. The number of benzene rings is 1. The van der Waals surface area contributed by atoms with Gasteiger partial charge in [-0.1, -0.05) is 18.2 Å². The van der Waals surface area contributed by atoms with Gasteiger partial charge in [0.2, 0.25) is 0 Å². The summed E-state index contributed by atoms with van der Waals surface area (Å²) in [5, 5.41) is 10.9. The van der Waals surface area contributed by atoms with Gasteiger partial charge in [-0.25, -0.2) is 4.98 Å². The lowest BCUT2D eigenvalue weighted by atomic mass is 10.1. The Bertz CT molecular complexity index is 882. The summed E-state index contributed by atoms with van der Waals surface area (Å²) in [6, 6.07) is 7.48. The predicted molar refractivity (Wildman–Crippen MR) is 97.9 cm³/mol. The first kappa shape index (κ1) is 19.1. The lowest BCUT2D eigenvalue weighted by molar-refractivity contribution is -0.0622. The molecule has 2 heterocycles. The van der Waals surface area contributed by atoms with E-state index in [0.717, 1.165) is 5.56 Å². The maximum Gasteiger partial charge on any atom is 0.263 e. The molecule has 1 atom stereocenters. The van der Waals surface area contributed by atoms with Gasteiger partial charge in [-0.3, -0.25) is 9.59 Å². The molecule has 1 saturated heterocycles. The van der Waals surface area contributed by atoms with Crippen molar-refractivity contribution in [3.8, 4) is 5.75 Å². The fourth-order valence-corrected chi connectivity index (χ4v) is 2.91. The Labute approximate surface area is 156 Å². The van der Waals surface area contributed by atoms with Crippen molar-refractivity contribution in [2.75, 3.05) is 32.9 Å². The lowest BCUT2D eigenvalue weighted by Crippen LogP contribution is -2.51. The normalized spacial score (nSPS) is 20.2. The van der Waals surface area contributed by atoms with Crippen LogP contribution in [0.5, 0.6) is 5.75 Å². The summed E-state index contributed by atoms with van der Waals surface area (Å²) in [7, 11) is 0. The summed E-state index contributed by atoms with van der Waals surface area (Å²) in [4.78, 5) is 32.7. The Hall–Kier alpha value is -2.71. The van der Waals surface area contributed by atoms with Crippen molar-refractivity contribution in [2.24, 2.45) is 0 Å². The van der Waals surface area contributed by atoms with Crippen LogP contribution in [0.1, 0.15) is 21.7 Å². The molecule has 8 heteroatoms. The number of nitrogens with zero attached hydrogens (tertiary/aromatic N) is 2. The van der Waals surface area contributed by atoms with Crippen molar-refractivity contribution in [3.05, 3.63) is 57.8 Å². The molecule has 2 aromatic rings. The van der Waals surface area contributed by atoms with Gasteiger partial charge < -0.3 is 24.5 Å². The van der Waals surface area contributed by atoms with Crippen LogP contribution in [-0.4, -0.2) is 64.4 Å². The molecule has 3 rings (SSSR count).